The minimum absolute atomic E-state index is 0.0793. The molecule has 0 heterocycles. The monoisotopic (exact) mass is 237 g/mol. The zero-order valence-corrected chi connectivity index (χ0v) is 8.94. The Morgan fingerprint density at radius 1 is 1.62 bits per heavy atom. The van der Waals surface area contributed by atoms with Crippen LogP contribution in [0.5, 0.6) is 5.75 Å². The van der Waals surface area contributed by atoms with Crippen LogP contribution in [-0.2, 0) is 4.79 Å². The molecule has 16 heavy (non-hydrogen) atoms. The number of hydrogen-bond donors (Lipinski definition) is 1. The van der Waals surface area contributed by atoms with Gasteiger partial charge in [-0.3, -0.25) is 0 Å². The first-order valence-corrected chi connectivity index (χ1v) is 4.71. The molecule has 0 aliphatic carbocycles. The molecule has 4 nitrogen and oxygen atoms in total. The van der Waals surface area contributed by atoms with E-state index in [1.54, 1.807) is 18.2 Å². The van der Waals surface area contributed by atoms with Gasteiger partial charge in [-0.15, -0.1) is 0 Å². The smallest absolute Gasteiger partial charge is 0.328 e. The first-order chi connectivity index (χ1) is 7.63. The third-order valence-electron chi connectivity index (χ3n) is 1.67. The van der Waals surface area contributed by atoms with Gasteiger partial charge in [0, 0.05) is 6.08 Å². The summed E-state index contributed by atoms with van der Waals surface area (Å²) < 4.78 is 5.03. The van der Waals surface area contributed by atoms with E-state index in [1.165, 1.54) is 6.08 Å². The molecule has 82 valence electrons. The van der Waals surface area contributed by atoms with Gasteiger partial charge in [0.05, 0.1) is 5.02 Å². The molecule has 1 aromatic rings. The quantitative estimate of drug-likeness (QED) is 0.816. The van der Waals surface area contributed by atoms with E-state index in [2.05, 4.69) is 0 Å². The van der Waals surface area contributed by atoms with Gasteiger partial charge >= 0.3 is 5.97 Å². The van der Waals surface area contributed by atoms with Crippen molar-refractivity contribution in [2.75, 3.05) is 6.61 Å². The van der Waals surface area contributed by atoms with Crippen molar-refractivity contribution >= 4 is 23.6 Å². The Kier molecular flexibility index (Phi) is 4.37. The molecule has 0 bridgehead atoms. The van der Waals surface area contributed by atoms with E-state index in [4.69, 9.17) is 26.7 Å². The van der Waals surface area contributed by atoms with Gasteiger partial charge in [0.2, 0.25) is 0 Å². The van der Waals surface area contributed by atoms with E-state index in [0.29, 0.717) is 16.3 Å². The number of carboxylic acids is 1. The van der Waals surface area contributed by atoms with Crippen LogP contribution in [-0.4, -0.2) is 17.7 Å². The lowest BCUT2D eigenvalue weighted by Gasteiger charge is -2.04. The van der Waals surface area contributed by atoms with Crippen LogP contribution in [0.4, 0.5) is 0 Å². The highest BCUT2D eigenvalue weighted by Gasteiger charge is 2.01. The minimum Gasteiger partial charge on any atom is -0.478 e. The molecule has 1 rings (SSSR count). The lowest BCUT2D eigenvalue weighted by Crippen LogP contribution is -1.94. The van der Waals surface area contributed by atoms with E-state index in [9.17, 15) is 4.79 Å². The SMILES string of the molecule is N#CCOc1ccc(C=CC(=O)O)cc1Cl. The summed E-state index contributed by atoms with van der Waals surface area (Å²) in [7, 11) is 0. The van der Waals surface area contributed by atoms with E-state index < -0.39 is 5.97 Å². The molecule has 0 aliphatic rings. The summed E-state index contributed by atoms with van der Waals surface area (Å²) in [5.74, 6) is -0.628. The number of carboxylic acid groups (broad SMARTS) is 1. The number of benzene rings is 1. The number of aliphatic carboxylic acids is 1. The highest BCUT2D eigenvalue weighted by Crippen LogP contribution is 2.25. The van der Waals surface area contributed by atoms with Gasteiger partial charge in [-0.05, 0) is 23.8 Å². The fraction of sp³-hybridized carbons (Fsp3) is 0.0909. The van der Waals surface area contributed by atoms with E-state index in [1.807, 2.05) is 6.07 Å². The summed E-state index contributed by atoms with van der Waals surface area (Å²) in [5.41, 5.74) is 0.650. The van der Waals surface area contributed by atoms with Crippen LogP contribution in [0.1, 0.15) is 5.56 Å². The van der Waals surface area contributed by atoms with Gasteiger partial charge in [0.1, 0.15) is 11.8 Å². The average molecular weight is 238 g/mol. The fourth-order valence-electron chi connectivity index (χ4n) is 1.02. The molecule has 0 radical (unpaired) electrons. The normalized spacial score (nSPS) is 10.0. The number of nitrogens with zero attached hydrogens (tertiary/aromatic N) is 1. The molecule has 1 N–H and O–H groups in total. The van der Waals surface area contributed by atoms with Crippen molar-refractivity contribution in [3.8, 4) is 11.8 Å². The Labute approximate surface area is 97.3 Å². The van der Waals surface area contributed by atoms with Crippen molar-refractivity contribution in [1.82, 2.24) is 0 Å². The number of nitriles is 1. The van der Waals surface area contributed by atoms with Crippen LogP contribution in [0.25, 0.3) is 6.08 Å². The summed E-state index contributed by atoms with van der Waals surface area (Å²) in [5, 5.41) is 17.1. The Morgan fingerprint density at radius 3 is 2.94 bits per heavy atom. The topological polar surface area (TPSA) is 70.3 Å². The average Bonchev–Trinajstić information content (AvgIpc) is 2.25. The molecule has 0 amide bonds. The van der Waals surface area contributed by atoms with Crippen LogP contribution in [0, 0.1) is 11.3 Å². The number of hydrogen-bond acceptors (Lipinski definition) is 3. The maximum Gasteiger partial charge on any atom is 0.328 e. The largest absolute Gasteiger partial charge is 0.478 e. The molecule has 0 saturated carbocycles. The van der Waals surface area contributed by atoms with Crippen LogP contribution >= 0.6 is 11.6 Å². The third-order valence-corrected chi connectivity index (χ3v) is 1.96. The standard InChI is InChI=1S/C11H8ClNO3/c12-9-7-8(2-4-11(14)15)1-3-10(9)16-6-5-13/h1-4,7H,6H2,(H,14,15). The first-order valence-electron chi connectivity index (χ1n) is 4.34. The summed E-state index contributed by atoms with van der Waals surface area (Å²) >= 11 is 5.86. The predicted molar refractivity (Wildman–Crippen MR) is 59.2 cm³/mol. The van der Waals surface area contributed by atoms with E-state index in [-0.39, 0.29) is 6.61 Å². The van der Waals surface area contributed by atoms with Crippen LogP contribution in [0.3, 0.4) is 0 Å². The lowest BCUT2D eigenvalue weighted by atomic mass is 10.2. The van der Waals surface area contributed by atoms with Crippen molar-refractivity contribution in [2.45, 2.75) is 0 Å². The van der Waals surface area contributed by atoms with Gasteiger partial charge in [0.25, 0.3) is 0 Å². The van der Waals surface area contributed by atoms with Crippen LogP contribution < -0.4 is 4.74 Å². The van der Waals surface area contributed by atoms with Gasteiger partial charge in [0.15, 0.2) is 6.61 Å². The molecular weight excluding hydrogens is 230 g/mol. The first kappa shape index (κ1) is 12.1. The number of rotatable bonds is 4. The highest BCUT2D eigenvalue weighted by molar-refractivity contribution is 6.32. The maximum absolute atomic E-state index is 10.3. The number of ether oxygens (including phenoxy) is 1. The van der Waals surface area contributed by atoms with Crippen molar-refractivity contribution in [2.24, 2.45) is 0 Å². The zero-order chi connectivity index (χ0) is 12.0. The number of carbonyl (C=O) groups is 1. The van der Waals surface area contributed by atoms with Crippen LogP contribution in [0.2, 0.25) is 5.02 Å². The summed E-state index contributed by atoms with van der Waals surface area (Å²) in [6.45, 7) is -0.0793. The highest BCUT2D eigenvalue weighted by atomic mass is 35.5. The molecule has 0 spiro atoms. The predicted octanol–water partition coefficient (Wildman–Crippen LogP) is 2.34. The fourth-order valence-corrected chi connectivity index (χ4v) is 1.26. The summed E-state index contributed by atoms with van der Waals surface area (Å²) in [6.07, 6.45) is 2.43. The van der Waals surface area contributed by atoms with E-state index in [0.717, 1.165) is 6.08 Å². The summed E-state index contributed by atoms with van der Waals surface area (Å²) in [4.78, 5) is 10.3. The van der Waals surface area contributed by atoms with Gasteiger partial charge in [-0.25, -0.2) is 4.79 Å². The van der Waals surface area contributed by atoms with Crippen molar-refractivity contribution in [1.29, 1.82) is 5.26 Å². The van der Waals surface area contributed by atoms with Gasteiger partial charge < -0.3 is 9.84 Å². The van der Waals surface area contributed by atoms with Gasteiger partial charge in [-0.2, -0.15) is 5.26 Å². The molecule has 0 fully saturated rings. The second-order valence-electron chi connectivity index (χ2n) is 2.81. The van der Waals surface area contributed by atoms with Crippen LogP contribution in [0.15, 0.2) is 24.3 Å². The molecule has 0 saturated heterocycles. The molecule has 5 heteroatoms. The Bertz CT molecular complexity index is 463. The lowest BCUT2D eigenvalue weighted by molar-refractivity contribution is -0.131. The van der Waals surface area contributed by atoms with Crippen molar-refractivity contribution in [3.05, 3.63) is 34.9 Å². The molecule has 0 aromatic heterocycles. The second-order valence-corrected chi connectivity index (χ2v) is 3.22. The molecule has 0 atom stereocenters. The molecular formula is C11H8ClNO3. The Hall–Kier alpha value is -1.99. The van der Waals surface area contributed by atoms with E-state index >= 15 is 0 Å². The van der Waals surface area contributed by atoms with Gasteiger partial charge in [-0.1, -0.05) is 17.7 Å². The van der Waals surface area contributed by atoms with Crippen molar-refractivity contribution in [3.63, 3.8) is 0 Å². The Morgan fingerprint density at radius 2 is 2.38 bits per heavy atom. The zero-order valence-electron chi connectivity index (χ0n) is 8.18. The van der Waals surface area contributed by atoms with Crippen molar-refractivity contribution < 1.29 is 14.6 Å². The summed E-state index contributed by atoms with van der Waals surface area (Å²) in [6, 6.07) is 6.62. The Balaban J connectivity index is 2.83. The third kappa shape index (κ3) is 3.64. The maximum atomic E-state index is 10.3. The molecule has 0 unspecified atom stereocenters. The second kappa shape index (κ2) is 5.79. The molecule has 0 aliphatic heterocycles. The number of halogens is 1. The minimum atomic E-state index is -1.03. The molecule has 1 aromatic carbocycles.